The van der Waals surface area contributed by atoms with Gasteiger partial charge in [-0.3, -0.25) is 14.4 Å². The van der Waals surface area contributed by atoms with Crippen LogP contribution in [0.1, 0.15) is 26.7 Å². The van der Waals surface area contributed by atoms with E-state index in [1.165, 1.54) is 48.1 Å². The Bertz CT molecular complexity index is 1850. The average Bonchev–Trinajstić information content (AvgIpc) is 3.69. The van der Waals surface area contributed by atoms with Crippen molar-refractivity contribution in [3.8, 4) is 17.1 Å². The topological polar surface area (TPSA) is 166 Å². The van der Waals surface area contributed by atoms with Gasteiger partial charge in [-0.05, 0) is 30.3 Å². The number of nitrogens with two attached hydrogens (primary N) is 1. The number of anilines is 2. The van der Waals surface area contributed by atoms with Crippen LogP contribution in [0.5, 0.6) is 0 Å². The molecule has 1 aromatic carbocycles. The monoisotopic (exact) mass is 686 g/mol. The van der Waals surface area contributed by atoms with Gasteiger partial charge in [0.1, 0.15) is 6.04 Å². The number of imidazole rings is 1. The van der Waals surface area contributed by atoms with E-state index in [-0.39, 0.29) is 51.0 Å². The van der Waals surface area contributed by atoms with Gasteiger partial charge in [-0.1, -0.05) is 11.6 Å². The maximum atomic E-state index is 14.0. The van der Waals surface area contributed by atoms with E-state index < -0.39 is 23.8 Å². The van der Waals surface area contributed by atoms with E-state index in [2.05, 4.69) is 25.7 Å². The van der Waals surface area contributed by atoms with Crippen molar-refractivity contribution in [3.63, 3.8) is 0 Å². The van der Waals surface area contributed by atoms with Crippen molar-refractivity contribution in [2.75, 3.05) is 57.0 Å². The molecular formula is C30H30ClF3N10O4. The highest BCUT2D eigenvalue weighted by atomic mass is 35.5. The maximum Gasteiger partial charge on any atom is 0.435 e. The standard InChI is InChI=1S/C30H30ClF3N10O4/c1-41-23(20-15-44(40-25(20)30(32,33)34)24-5-2-17(35)13-37-24)14-38-26(41)27(45)39-18-3-4-19(21(31)12-18)28(46)42-7-9-43(10-8-42)29(47)22-16-48-11-6-36-22/h2-5,12-15,22,36H,6-11,16,35H2,1H3,(H,39,45)/t22-/m0/s1. The summed E-state index contributed by atoms with van der Waals surface area (Å²) in [4.78, 5) is 50.6. The molecule has 6 rings (SSSR count). The molecule has 0 unspecified atom stereocenters. The number of benzene rings is 1. The number of carbonyl (C=O) groups excluding carboxylic acids is 3. The van der Waals surface area contributed by atoms with Crippen LogP contribution in [0.3, 0.4) is 0 Å². The first-order valence-electron chi connectivity index (χ1n) is 14.8. The smallest absolute Gasteiger partial charge is 0.397 e. The van der Waals surface area contributed by atoms with Crippen molar-refractivity contribution in [2.45, 2.75) is 12.2 Å². The number of amides is 3. The second kappa shape index (κ2) is 13.2. The largest absolute Gasteiger partial charge is 0.435 e. The fourth-order valence-electron chi connectivity index (χ4n) is 5.49. The number of carbonyl (C=O) groups is 3. The van der Waals surface area contributed by atoms with Gasteiger partial charge in [0, 0.05) is 51.7 Å². The van der Waals surface area contributed by atoms with Gasteiger partial charge >= 0.3 is 6.18 Å². The lowest BCUT2D eigenvalue weighted by Gasteiger charge is -2.37. The molecule has 2 fully saturated rings. The maximum absolute atomic E-state index is 14.0. The highest BCUT2D eigenvalue weighted by Crippen LogP contribution is 2.37. The zero-order chi connectivity index (χ0) is 34.2. The molecule has 5 heterocycles. The number of piperazine rings is 1. The third-order valence-electron chi connectivity index (χ3n) is 8.01. The zero-order valence-electron chi connectivity index (χ0n) is 25.5. The molecule has 3 amide bonds. The van der Waals surface area contributed by atoms with Gasteiger partial charge in [-0.25, -0.2) is 14.6 Å². The normalized spacial score (nSPS) is 17.0. The number of nitrogens with one attached hydrogen (secondary N) is 2. The molecule has 0 aliphatic carbocycles. The molecule has 0 bridgehead atoms. The molecule has 0 radical (unpaired) electrons. The quantitative estimate of drug-likeness (QED) is 0.276. The first-order valence-corrected chi connectivity index (χ1v) is 15.2. The first kappa shape index (κ1) is 32.9. The number of aromatic nitrogens is 5. The molecule has 18 heteroatoms. The summed E-state index contributed by atoms with van der Waals surface area (Å²) in [6.07, 6.45) is -1.23. The number of halogens is 4. The van der Waals surface area contributed by atoms with E-state index in [9.17, 15) is 27.6 Å². The van der Waals surface area contributed by atoms with Crippen molar-refractivity contribution >= 4 is 40.7 Å². The van der Waals surface area contributed by atoms with Crippen LogP contribution in [0.25, 0.3) is 17.1 Å². The second-order valence-electron chi connectivity index (χ2n) is 11.2. The summed E-state index contributed by atoms with van der Waals surface area (Å²) in [5, 5.41) is 9.54. The summed E-state index contributed by atoms with van der Waals surface area (Å²) in [6, 6.07) is 6.87. The summed E-state index contributed by atoms with van der Waals surface area (Å²) in [5.74, 6) is -1.19. The molecule has 252 valence electrons. The van der Waals surface area contributed by atoms with Crippen LogP contribution in [-0.4, -0.2) is 104 Å². The van der Waals surface area contributed by atoms with Gasteiger partial charge in [0.05, 0.1) is 53.1 Å². The van der Waals surface area contributed by atoms with Crippen molar-refractivity contribution in [1.82, 2.24) is 39.4 Å². The molecular weight excluding hydrogens is 657 g/mol. The number of nitrogens with zero attached hydrogens (tertiary/aromatic N) is 7. The predicted octanol–water partition coefficient (Wildman–Crippen LogP) is 2.45. The van der Waals surface area contributed by atoms with E-state index in [0.29, 0.717) is 51.6 Å². The Morgan fingerprint density at radius 3 is 2.46 bits per heavy atom. The molecule has 4 aromatic rings. The number of hydrogen-bond donors (Lipinski definition) is 3. The molecule has 2 aliphatic heterocycles. The van der Waals surface area contributed by atoms with Crippen LogP contribution in [-0.2, 0) is 22.8 Å². The van der Waals surface area contributed by atoms with Crippen LogP contribution in [0.4, 0.5) is 24.5 Å². The molecule has 1 atom stereocenters. The molecule has 2 aliphatic rings. The molecule has 3 aromatic heterocycles. The van der Waals surface area contributed by atoms with Gasteiger partial charge < -0.3 is 35.5 Å². The Kier molecular flexibility index (Phi) is 9.09. The lowest BCUT2D eigenvalue weighted by atomic mass is 10.1. The average molecular weight is 687 g/mol. The Morgan fingerprint density at radius 1 is 1.06 bits per heavy atom. The minimum atomic E-state index is -4.82. The number of hydrogen-bond acceptors (Lipinski definition) is 9. The lowest BCUT2D eigenvalue weighted by molar-refractivity contribution is -0.141. The number of ether oxygens (including phenoxy) is 1. The predicted molar refractivity (Wildman–Crippen MR) is 167 cm³/mol. The van der Waals surface area contributed by atoms with Gasteiger partial charge in [0.2, 0.25) is 5.91 Å². The fraction of sp³-hybridized carbons (Fsp3) is 0.333. The fourth-order valence-corrected chi connectivity index (χ4v) is 5.75. The van der Waals surface area contributed by atoms with Crippen molar-refractivity contribution in [2.24, 2.45) is 7.05 Å². The van der Waals surface area contributed by atoms with Crippen LogP contribution in [0, 0.1) is 0 Å². The zero-order valence-corrected chi connectivity index (χ0v) is 26.3. The van der Waals surface area contributed by atoms with E-state index in [4.69, 9.17) is 22.1 Å². The van der Waals surface area contributed by atoms with Gasteiger partial charge in [-0.15, -0.1) is 0 Å². The molecule has 2 saturated heterocycles. The minimum Gasteiger partial charge on any atom is -0.397 e. The van der Waals surface area contributed by atoms with E-state index in [1.54, 1.807) is 9.80 Å². The van der Waals surface area contributed by atoms with Gasteiger partial charge in [0.25, 0.3) is 11.8 Å². The highest BCUT2D eigenvalue weighted by Gasteiger charge is 2.39. The number of alkyl halides is 3. The summed E-state index contributed by atoms with van der Waals surface area (Å²) in [7, 11) is 1.40. The van der Waals surface area contributed by atoms with E-state index in [1.807, 2.05) is 0 Å². The third kappa shape index (κ3) is 6.69. The van der Waals surface area contributed by atoms with Crippen molar-refractivity contribution in [1.29, 1.82) is 0 Å². The third-order valence-corrected chi connectivity index (χ3v) is 8.32. The molecule has 4 N–H and O–H groups in total. The summed E-state index contributed by atoms with van der Waals surface area (Å²) < 4.78 is 49.5. The van der Waals surface area contributed by atoms with E-state index >= 15 is 0 Å². The highest BCUT2D eigenvalue weighted by molar-refractivity contribution is 6.34. The van der Waals surface area contributed by atoms with Gasteiger partial charge in [0.15, 0.2) is 17.3 Å². The Hall–Kier alpha value is -5.00. The SMILES string of the molecule is Cn1c(-c2cn(-c3ccc(N)cn3)nc2C(F)(F)F)cnc1C(=O)Nc1ccc(C(=O)N2CCN(C(=O)[C@@H]3COCCN3)CC2)c(Cl)c1. The van der Waals surface area contributed by atoms with Crippen LogP contribution < -0.4 is 16.4 Å². The number of pyridine rings is 1. The van der Waals surface area contributed by atoms with Crippen LogP contribution >= 0.6 is 11.6 Å². The van der Waals surface area contributed by atoms with Gasteiger partial charge in [-0.2, -0.15) is 18.3 Å². The number of rotatable bonds is 6. The Labute approximate surface area is 276 Å². The molecule has 14 nitrogen and oxygen atoms in total. The number of nitrogen functional groups attached to an aromatic ring is 1. The summed E-state index contributed by atoms with van der Waals surface area (Å²) in [6.45, 7) is 2.84. The second-order valence-corrected chi connectivity index (χ2v) is 11.6. The van der Waals surface area contributed by atoms with Crippen LogP contribution in [0.2, 0.25) is 5.02 Å². The van der Waals surface area contributed by atoms with Crippen LogP contribution in [0.15, 0.2) is 48.9 Å². The summed E-state index contributed by atoms with van der Waals surface area (Å²) in [5.41, 5.74) is 4.90. The van der Waals surface area contributed by atoms with E-state index in [0.717, 1.165) is 17.1 Å². The Morgan fingerprint density at radius 2 is 1.81 bits per heavy atom. The molecule has 0 spiro atoms. The summed E-state index contributed by atoms with van der Waals surface area (Å²) >= 11 is 6.46. The lowest BCUT2D eigenvalue weighted by Crippen LogP contribution is -2.57. The molecule has 48 heavy (non-hydrogen) atoms. The van der Waals surface area contributed by atoms with Crippen molar-refractivity contribution < 1.29 is 32.3 Å². The Balaban J connectivity index is 1.13. The first-order chi connectivity index (χ1) is 22.9. The van der Waals surface area contributed by atoms with Crippen molar-refractivity contribution in [3.05, 3.63) is 71.0 Å². The number of morpholine rings is 1. The molecule has 0 saturated carbocycles. The minimum absolute atomic E-state index is 0.0155.